The Labute approximate surface area is 120 Å². The molecule has 0 aromatic rings. The van der Waals surface area contributed by atoms with E-state index < -0.39 is 49.3 Å². The molecule has 0 aliphatic rings. The zero-order valence-electron chi connectivity index (χ0n) is 11.3. The summed E-state index contributed by atoms with van der Waals surface area (Å²) in [5.74, 6) is 0. The molecule has 0 bridgehead atoms. The summed E-state index contributed by atoms with van der Waals surface area (Å²) in [6, 6.07) is 0. The van der Waals surface area contributed by atoms with E-state index in [1.54, 1.807) is 0 Å². The molecule has 126 valence electrons. The van der Waals surface area contributed by atoms with E-state index in [4.69, 9.17) is 40.9 Å². The summed E-state index contributed by atoms with van der Waals surface area (Å²) in [6.45, 7) is 0.553. The van der Waals surface area contributed by atoms with Gasteiger partial charge in [-0.3, -0.25) is 0 Å². The lowest BCUT2D eigenvalue weighted by Gasteiger charge is -2.21. The zero-order valence-corrected chi connectivity index (χ0v) is 11.3. The van der Waals surface area contributed by atoms with Gasteiger partial charge in [-0.15, -0.1) is 0 Å². The van der Waals surface area contributed by atoms with Gasteiger partial charge < -0.3 is 50.4 Å². The molecule has 0 amide bonds. The summed E-state index contributed by atoms with van der Waals surface area (Å²) in [5, 5.41) is 69.2. The van der Waals surface area contributed by atoms with Crippen LogP contribution in [0, 0.1) is 0 Å². The fraction of sp³-hybridized carbons (Fsp3) is 0.818. The molecular weight excluding hydrogens is 292 g/mol. The Hall–Kier alpha value is -0.980. The summed E-state index contributed by atoms with van der Waals surface area (Å²) in [5.41, 5.74) is 0. The van der Waals surface area contributed by atoms with Crippen molar-refractivity contribution in [2.24, 2.45) is 0 Å². The number of aliphatic hydroxyl groups is 8. The molecule has 10 nitrogen and oxygen atoms in total. The van der Waals surface area contributed by atoms with Crippen LogP contribution in [0.4, 0.5) is 0 Å². The lowest BCUT2D eigenvalue weighted by atomic mass is 10.1. The van der Waals surface area contributed by atoms with Gasteiger partial charge in [0.2, 0.25) is 0 Å². The fourth-order valence-electron chi connectivity index (χ4n) is 0.984. The van der Waals surface area contributed by atoms with Crippen LogP contribution in [0.25, 0.3) is 0 Å². The van der Waals surface area contributed by atoms with Crippen LogP contribution in [0.2, 0.25) is 0 Å². The van der Waals surface area contributed by atoms with Crippen LogP contribution in [0.3, 0.4) is 0 Å². The van der Waals surface area contributed by atoms with Crippen LogP contribution in [0.1, 0.15) is 6.92 Å². The SMILES string of the molecule is C[C@H](O)[C@H](O)[C@@H](O)[C@@H](O)C=O.O=C[C@@H](O)[C@H](O)[C@H](O)CO. The van der Waals surface area contributed by atoms with E-state index >= 15 is 0 Å². The Morgan fingerprint density at radius 1 is 0.762 bits per heavy atom. The maximum Gasteiger partial charge on any atom is 0.151 e. The smallest absolute Gasteiger partial charge is 0.151 e. The van der Waals surface area contributed by atoms with Crippen molar-refractivity contribution in [3.8, 4) is 0 Å². The van der Waals surface area contributed by atoms with Crippen molar-refractivity contribution in [2.45, 2.75) is 49.7 Å². The fourth-order valence-corrected chi connectivity index (χ4v) is 0.984. The van der Waals surface area contributed by atoms with Gasteiger partial charge in [-0.05, 0) is 6.92 Å². The average molecular weight is 314 g/mol. The van der Waals surface area contributed by atoms with E-state index in [9.17, 15) is 9.59 Å². The Kier molecular flexibility index (Phi) is 12.4. The monoisotopic (exact) mass is 314 g/mol. The van der Waals surface area contributed by atoms with Crippen LogP contribution in [0.15, 0.2) is 0 Å². The molecule has 0 rings (SSSR count). The second-order valence-electron chi connectivity index (χ2n) is 4.22. The molecule has 0 saturated carbocycles. The predicted octanol–water partition coefficient (Wildman–Crippen LogP) is -5.09. The largest absolute Gasteiger partial charge is 0.394 e. The van der Waals surface area contributed by atoms with Gasteiger partial charge in [0.15, 0.2) is 12.6 Å². The molecule has 7 atom stereocenters. The summed E-state index contributed by atoms with van der Waals surface area (Å²) >= 11 is 0. The third-order valence-electron chi connectivity index (χ3n) is 2.40. The van der Waals surface area contributed by atoms with Gasteiger partial charge in [-0.25, -0.2) is 0 Å². The first-order chi connectivity index (χ1) is 9.63. The highest BCUT2D eigenvalue weighted by molar-refractivity contribution is 5.57. The third kappa shape index (κ3) is 8.80. The van der Waals surface area contributed by atoms with Crippen LogP contribution in [-0.2, 0) is 9.59 Å². The Morgan fingerprint density at radius 3 is 1.43 bits per heavy atom. The highest BCUT2D eigenvalue weighted by atomic mass is 16.4. The topological polar surface area (TPSA) is 196 Å². The molecule has 0 saturated heterocycles. The van der Waals surface area contributed by atoms with E-state index in [-0.39, 0.29) is 12.6 Å². The molecule has 0 aromatic carbocycles. The molecule has 0 radical (unpaired) electrons. The van der Waals surface area contributed by atoms with Crippen molar-refractivity contribution < 1.29 is 50.4 Å². The van der Waals surface area contributed by atoms with Gasteiger partial charge >= 0.3 is 0 Å². The number of rotatable bonds is 8. The minimum absolute atomic E-state index is 0.0869. The lowest BCUT2D eigenvalue weighted by molar-refractivity contribution is -0.132. The number of aldehydes is 2. The van der Waals surface area contributed by atoms with Crippen molar-refractivity contribution in [3.05, 3.63) is 0 Å². The highest BCUT2D eigenvalue weighted by Gasteiger charge is 2.27. The molecule has 21 heavy (non-hydrogen) atoms. The molecule has 0 aromatic heterocycles. The van der Waals surface area contributed by atoms with Crippen molar-refractivity contribution in [3.63, 3.8) is 0 Å². The minimum atomic E-state index is -1.65. The van der Waals surface area contributed by atoms with Crippen molar-refractivity contribution in [1.29, 1.82) is 0 Å². The quantitative estimate of drug-likeness (QED) is 0.201. The average Bonchev–Trinajstić information content (AvgIpc) is 2.50. The van der Waals surface area contributed by atoms with Crippen LogP contribution in [-0.4, -0.2) is 103 Å². The van der Waals surface area contributed by atoms with E-state index in [0.717, 1.165) is 0 Å². The van der Waals surface area contributed by atoms with Crippen LogP contribution < -0.4 is 0 Å². The second-order valence-corrected chi connectivity index (χ2v) is 4.22. The number of aliphatic hydroxyl groups excluding tert-OH is 8. The van der Waals surface area contributed by atoms with Gasteiger partial charge in [0.05, 0.1) is 12.7 Å². The van der Waals surface area contributed by atoms with E-state index in [1.165, 1.54) is 6.92 Å². The maximum absolute atomic E-state index is 9.87. The molecule has 0 aliphatic heterocycles. The molecule has 0 heterocycles. The van der Waals surface area contributed by atoms with Gasteiger partial charge in [0, 0.05) is 0 Å². The molecule has 10 heteroatoms. The molecule has 0 spiro atoms. The third-order valence-corrected chi connectivity index (χ3v) is 2.40. The van der Waals surface area contributed by atoms with Crippen LogP contribution in [0.5, 0.6) is 0 Å². The Balaban J connectivity index is 0. The standard InChI is InChI=1S/C6H12O5.C5H10O5/c1-3(8)5(10)6(11)4(9)2-7;6-1-3(8)5(10)4(9)2-7/h2-6,8-11H,1H3;1,3-5,7-10H,2H2/t3-,4-,5-,6-;3-,4-,5+/m01/s1. The first-order valence-electron chi connectivity index (χ1n) is 5.91. The number of hydrogen-bond donors (Lipinski definition) is 8. The first kappa shape index (κ1) is 22.3. The van der Waals surface area contributed by atoms with E-state index in [2.05, 4.69) is 0 Å². The van der Waals surface area contributed by atoms with E-state index in [1.807, 2.05) is 0 Å². The number of hydrogen-bond acceptors (Lipinski definition) is 10. The van der Waals surface area contributed by atoms with Crippen molar-refractivity contribution in [2.75, 3.05) is 6.61 Å². The van der Waals surface area contributed by atoms with Crippen LogP contribution >= 0.6 is 0 Å². The van der Waals surface area contributed by atoms with Crippen molar-refractivity contribution in [1.82, 2.24) is 0 Å². The second kappa shape index (κ2) is 11.7. The maximum atomic E-state index is 9.87. The van der Waals surface area contributed by atoms with Gasteiger partial charge in [-0.1, -0.05) is 0 Å². The first-order valence-corrected chi connectivity index (χ1v) is 5.91. The minimum Gasteiger partial charge on any atom is -0.394 e. The number of carbonyl (C=O) groups is 2. The molecule has 8 N–H and O–H groups in total. The Morgan fingerprint density at radius 2 is 1.14 bits per heavy atom. The molecular formula is C11H22O10. The molecule has 0 fully saturated rings. The highest BCUT2D eigenvalue weighted by Crippen LogP contribution is 2.02. The number of carbonyl (C=O) groups excluding carboxylic acids is 2. The molecule has 0 aliphatic carbocycles. The molecule has 0 unspecified atom stereocenters. The van der Waals surface area contributed by atoms with Gasteiger partial charge in [0.25, 0.3) is 0 Å². The van der Waals surface area contributed by atoms with Gasteiger partial charge in [-0.2, -0.15) is 0 Å². The predicted molar refractivity (Wildman–Crippen MR) is 66.9 cm³/mol. The summed E-state index contributed by atoms with van der Waals surface area (Å²) in [7, 11) is 0. The summed E-state index contributed by atoms with van der Waals surface area (Å²) in [4.78, 5) is 19.6. The lowest BCUT2D eigenvalue weighted by Crippen LogP contribution is -2.43. The summed E-state index contributed by atoms with van der Waals surface area (Å²) < 4.78 is 0. The zero-order chi connectivity index (χ0) is 17.2. The van der Waals surface area contributed by atoms with E-state index in [0.29, 0.717) is 0 Å². The normalized spacial score (nSPS) is 20.8. The Bertz CT molecular complexity index is 284. The van der Waals surface area contributed by atoms with Crippen molar-refractivity contribution >= 4 is 12.6 Å². The summed E-state index contributed by atoms with van der Waals surface area (Å²) in [6.07, 6.45) is -10.5. The van der Waals surface area contributed by atoms with Gasteiger partial charge in [0.1, 0.15) is 36.6 Å².